The van der Waals surface area contributed by atoms with Crippen LogP contribution in [0.1, 0.15) is 18.5 Å². The van der Waals surface area contributed by atoms with Crippen LogP contribution in [0, 0.1) is 0 Å². The summed E-state index contributed by atoms with van der Waals surface area (Å²) < 4.78 is 0. The Morgan fingerprint density at radius 3 is 2.31 bits per heavy atom. The van der Waals surface area contributed by atoms with Crippen LogP contribution in [0.5, 0.6) is 0 Å². The molecular formula is C13H21N3. The highest BCUT2D eigenvalue weighted by molar-refractivity contribution is 5.20. The molecule has 1 aliphatic rings. The van der Waals surface area contributed by atoms with Gasteiger partial charge in [-0.1, -0.05) is 30.3 Å². The van der Waals surface area contributed by atoms with Gasteiger partial charge < -0.3 is 4.90 Å². The fourth-order valence-corrected chi connectivity index (χ4v) is 2.22. The SMILES string of the molecule is C[C@H](NN1CC1)[C@H](c1ccccc1)N(C)C. The predicted octanol–water partition coefficient (Wildman–Crippen LogP) is 1.50. The Bertz CT molecular complexity index is 319. The average Bonchev–Trinajstić information content (AvgIpc) is 3.03. The molecule has 1 aliphatic heterocycles. The summed E-state index contributed by atoms with van der Waals surface area (Å²) in [4.78, 5) is 2.27. The van der Waals surface area contributed by atoms with Crippen LogP contribution >= 0.6 is 0 Å². The number of hydrogen-bond donors (Lipinski definition) is 1. The zero-order valence-electron chi connectivity index (χ0n) is 10.4. The quantitative estimate of drug-likeness (QED) is 0.757. The van der Waals surface area contributed by atoms with Crippen molar-refractivity contribution in [2.75, 3.05) is 27.2 Å². The minimum atomic E-state index is 0.418. The molecule has 16 heavy (non-hydrogen) atoms. The Hall–Kier alpha value is -0.900. The van der Waals surface area contributed by atoms with Gasteiger partial charge in [-0.2, -0.15) is 0 Å². The van der Waals surface area contributed by atoms with Gasteiger partial charge in [0.2, 0.25) is 0 Å². The van der Waals surface area contributed by atoms with Gasteiger partial charge in [-0.3, -0.25) is 5.43 Å². The minimum absolute atomic E-state index is 0.418. The van der Waals surface area contributed by atoms with Crippen molar-refractivity contribution in [3.63, 3.8) is 0 Å². The van der Waals surface area contributed by atoms with Crippen LogP contribution in [0.25, 0.3) is 0 Å². The molecule has 0 bridgehead atoms. The number of nitrogens with zero attached hydrogens (tertiary/aromatic N) is 2. The molecule has 2 rings (SSSR count). The van der Waals surface area contributed by atoms with Crippen molar-refractivity contribution in [2.24, 2.45) is 0 Å². The molecule has 1 aromatic carbocycles. The van der Waals surface area contributed by atoms with Gasteiger partial charge in [-0.25, -0.2) is 5.01 Å². The Balaban J connectivity index is 2.09. The first-order valence-corrected chi connectivity index (χ1v) is 5.91. The standard InChI is InChI=1S/C13H21N3/c1-11(14-16-9-10-16)13(15(2)3)12-7-5-4-6-8-12/h4-8,11,13-14H,9-10H2,1-3H3/t11-,13+/m0/s1. The van der Waals surface area contributed by atoms with E-state index in [1.807, 2.05) is 0 Å². The maximum atomic E-state index is 3.53. The molecule has 0 aromatic heterocycles. The smallest absolute Gasteiger partial charge is 0.0507 e. The van der Waals surface area contributed by atoms with E-state index in [9.17, 15) is 0 Å². The van der Waals surface area contributed by atoms with Crippen molar-refractivity contribution >= 4 is 0 Å². The molecule has 2 atom stereocenters. The van der Waals surface area contributed by atoms with E-state index in [0.717, 1.165) is 0 Å². The fraction of sp³-hybridized carbons (Fsp3) is 0.538. The Labute approximate surface area is 98.0 Å². The third kappa shape index (κ3) is 2.82. The van der Waals surface area contributed by atoms with Crippen molar-refractivity contribution in [1.82, 2.24) is 15.3 Å². The van der Waals surface area contributed by atoms with Crippen molar-refractivity contribution < 1.29 is 0 Å². The lowest BCUT2D eigenvalue weighted by atomic mass is 10.00. The molecular weight excluding hydrogens is 198 g/mol. The largest absolute Gasteiger partial charge is 0.301 e. The Morgan fingerprint density at radius 2 is 1.81 bits per heavy atom. The van der Waals surface area contributed by atoms with Crippen molar-refractivity contribution in [3.8, 4) is 0 Å². The normalized spacial score (nSPS) is 19.8. The zero-order chi connectivity index (χ0) is 11.5. The molecule has 0 amide bonds. The lowest BCUT2D eigenvalue weighted by Gasteiger charge is -2.31. The van der Waals surface area contributed by atoms with E-state index in [1.165, 1.54) is 18.7 Å². The van der Waals surface area contributed by atoms with Gasteiger partial charge in [0.15, 0.2) is 0 Å². The minimum Gasteiger partial charge on any atom is -0.301 e. The highest BCUT2D eigenvalue weighted by atomic mass is 15.6. The van der Waals surface area contributed by atoms with E-state index < -0.39 is 0 Å². The molecule has 3 heteroatoms. The van der Waals surface area contributed by atoms with E-state index in [2.05, 4.69) is 66.7 Å². The number of rotatable bonds is 5. The summed E-state index contributed by atoms with van der Waals surface area (Å²) in [7, 11) is 4.27. The Kier molecular flexibility index (Phi) is 3.59. The molecule has 0 radical (unpaired) electrons. The molecule has 0 saturated carbocycles. The number of hydrogen-bond acceptors (Lipinski definition) is 3. The van der Waals surface area contributed by atoms with E-state index in [-0.39, 0.29) is 0 Å². The molecule has 88 valence electrons. The van der Waals surface area contributed by atoms with Crippen molar-refractivity contribution in [3.05, 3.63) is 35.9 Å². The monoisotopic (exact) mass is 219 g/mol. The number of likely N-dealkylation sites (N-methyl/N-ethyl adjacent to an activating group) is 1. The van der Waals surface area contributed by atoms with Crippen molar-refractivity contribution in [2.45, 2.75) is 19.0 Å². The van der Waals surface area contributed by atoms with Crippen LogP contribution in [0.3, 0.4) is 0 Å². The molecule has 1 aromatic rings. The maximum Gasteiger partial charge on any atom is 0.0507 e. The highest BCUT2D eigenvalue weighted by Gasteiger charge is 2.26. The molecule has 0 spiro atoms. The van der Waals surface area contributed by atoms with Gasteiger partial charge in [0, 0.05) is 19.1 Å². The van der Waals surface area contributed by atoms with Crippen LogP contribution in [0.4, 0.5) is 0 Å². The van der Waals surface area contributed by atoms with E-state index in [1.54, 1.807) is 0 Å². The second kappa shape index (κ2) is 4.95. The van der Waals surface area contributed by atoms with Gasteiger partial charge in [-0.15, -0.1) is 0 Å². The van der Waals surface area contributed by atoms with E-state index >= 15 is 0 Å². The van der Waals surface area contributed by atoms with Crippen LogP contribution in [-0.2, 0) is 0 Å². The summed E-state index contributed by atoms with van der Waals surface area (Å²) in [6.45, 7) is 4.61. The number of benzene rings is 1. The Morgan fingerprint density at radius 1 is 1.19 bits per heavy atom. The summed E-state index contributed by atoms with van der Waals surface area (Å²) in [6.07, 6.45) is 0. The summed E-state index contributed by atoms with van der Waals surface area (Å²) >= 11 is 0. The highest BCUT2D eigenvalue weighted by Crippen LogP contribution is 2.22. The first-order valence-electron chi connectivity index (χ1n) is 5.91. The first kappa shape index (κ1) is 11.6. The topological polar surface area (TPSA) is 18.3 Å². The van der Waals surface area contributed by atoms with E-state index in [0.29, 0.717) is 12.1 Å². The predicted molar refractivity (Wildman–Crippen MR) is 67.0 cm³/mol. The molecule has 1 saturated heterocycles. The summed E-state index contributed by atoms with van der Waals surface area (Å²) in [5, 5.41) is 2.25. The van der Waals surface area contributed by atoms with Crippen LogP contribution < -0.4 is 5.43 Å². The van der Waals surface area contributed by atoms with Crippen molar-refractivity contribution in [1.29, 1.82) is 0 Å². The third-order valence-corrected chi connectivity index (χ3v) is 3.00. The summed E-state index contributed by atoms with van der Waals surface area (Å²) in [6, 6.07) is 11.5. The lowest BCUT2D eigenvalue weighted by Crippen LogP contribution is -2.41. The van der Waals surface area contributed by atoms with Gasteiger partial charge in [-0.05, 0) is 26.6 Å². The maximum absolute atomic E-state index is 3.53. The van der Waals surface area contributed by atoms with Crippen LogP contribution in [0.2, 0.25) is 0 Å². The van der Waals surface area contributed by atoms with Gasteiger partial charge in [0.25, 0.3) is 0 Å². The number of hydrazine groups is 1. The molecule has 1 heterocycles. The second-order valence-corrected chi connectivity index (χ2v) is 4.72. The molecule has 0 unspecified atom stereocenters. The zero-order valence-corrected chi connectivity index (χ0v) is 10.4. The molecule has 1 N–H and O–H groups in total. The molecule has 0 aliphatic carbocycles. The van der Waals surface area contributed by atoms with Crippen LogP contribution in [-0.4, -0.2) is 43.1 Å². The fourth-order valence-electron chi connectivity index (χ4n) is 2.22. The molecule has 3 nitrogen and oxygen atoms in total. The second-order valence-electron chi connectivity index (χ2n) is 4.72. The summed E-state index contributed by atoms with van der Waals surface area (Å²) in [5.41, 5.74) is 4.90. The average molecular weight is 219 g/mol. The number of nitrogens with one attached hydrogen (secondary N) is 1. The van der Waals surface area contributed by atoms with E-state index in [4.69, 9.17) is 0 Å². The third-order valence-electron chi connectivity index (χ3n) is 3.00. The van der Waals surface area contributed by atoms with Gasteiger partial charge >= 0.3 is 0 Å². The van der Waals surface area contributed by atoms with Gasteiger partial charge in [0.05, 0.1) is 6.04 Å². The lowest BCUT2D eigenvalue weighted by molar-refractivity contribution is 0.198. The first-order chi connectivity index (χ1) is 7.68. The molecule has 1 fully saturated rings. The summed E-state index contributed by atoms with van der Waals surface area (Å²) in [5.74, 6) is 0. The van der Waals surface area contributed by atoms with Crippen LogP contribution in [0.15, 0.2) is 30.3 Å². The van der Waals surface area contributed by atoms with Gasteiger partial charge in [0.1, 0.15) is 0 Å².